The Hall–Kier alpha value is -4.51. The number of H-pyrrole nitrogens is 2. The van der Waals surface area contributed by atoms with Crippen LogP contribution in [0.3, 0.4) is 0 Å². The first-order valence-corrected chi connectivity index (χ1v) is 13.0. The summed E-state index contributed by atoms with van der Waals surface area (Å²) >= 11 is 0. The van der Waals surface area contributed by atoms with Gasteiger partial charge in [-0.25, -0.2) is 29.9 Å². The van der Waals surface area contributed by atoms with Gasteiger partial charge in [-0.3, -0.25) is 0 Å². The van der Waals surface area contributed by atoms with Crippen LogP contribution < -0.4 is 0 Å². The van der Waals surface area contributed by atoms with E-state index in [2.05, 4.69) is 9.97 Å². The standard InChI is InChI=1S/C32H18N8.2Zn/c1-2-10-18-17(9-1)25-33-26(18)38-28-21-13-5-6-14-22(21)30(35-28)40-32-24-16-8-7-15-23(24)31(36-32)39-29-20-12-4-3-11-19(20)27(34-29)37-25;;/h1-16H,(H2,33,34,35,36,37,38,39,40);;. The summed E-state index contributed by atoms with van der Waals surface area (Å²) in [6.45, 7) is 0. The van der Waals surface area contributed by atoms with Crippen molar-refractivity contribution in [1.29, 1.82) is 0 Å². The van der Waals surface area contributed by atoms with E-state index in [1.165, 1.54) is 0 Å². The first kappa shape index (κ1) is 26.4. The quantitative estimate of drug-likeness (QED) is 0.175. The molecular weight excluding hydrogens is 627 g/mol. The molecule has 8 bridgehead atoms. The zero-order chi connectivity index (χ0) is 26.2. The van der Waals surface area contributed by atoms with Gasteiger partial charge in [0.25, 0.3) is 0 Å². The average molecular weight is 645 g/mol. The molecule has 0 radical (unpaired) electrons. The van der Waals surface area contributed by atoms with Crippen molar-refractivity contribution in [2.24, 2.45) is 0 Å². The average Bonchev–Trinajstić information content (AvgIpc) is 3.73. The fourth-order valence-electron chi connectivity index (χ4n) is 5.59. The largest absolute Gasteiger partial charge is 0.324 e. The van der Waals surface area contributed by atoms with Crippen LogP contribution in [0.1, 0.15) is 0 Å². The summed E-state index contributed by atoms with van der Waals surface area (Å²) < 4.78 is 0. The molecule has 0 unspecified atom stereocenters. The topological polar surface area (TPSA) is 109 Å². The first-order valence-electron chi connectivity index (χ1n) is 13.0. The zero-order valence-electron chi connectivity index (χ0n) is 22.3. The Labute approximate surface area is 264 Å². The van der Waals surface area contributed by atoms with Crippen LogP contribution >= 0.6 is 0 Å². The van der Waals surface area contributed by atoms with Crippen molar-refractivity contribution in [1.82, 2.24) is 39.9 Å². The van der Waals surface area contributed by atoms with Gasteiger partial charge >= 0.3 is 0 Å². The van der Waals surface area contributed by atoms with Crippen molar-refractivity contribution in [2.45, 2.75) is 0 Å². The molecule has 9 rings (SSSR count). The summed E-state index contributed by atoms with van der Waals surface area (Å²) in [5.41, 5.74) is 6.45. The second-order valence-electron chi connectivity index (χ2n) is 9.79. The van der Waals surface area contributed by atoms with E-state index in [0.29, 0.717) is 45.9 Å². The van der Waals surface area contributed by atoms with Crippen molar-refractivity contribution >= 4 is 44.1 Å². The van der Waals surface area contributed by atoms with Crippen LogP contribution in [-0.2, 0) is 39.0 Å². The molecule has 2 aliphatic rings. The molecule has 0 saturated heterocycles. The molecule has 2 aliphatic heterocycles. The number of aromatic amines is 2. The van der Waals surface area contributed by atoms with Crippen LogP contribution in [0.2, 0.25) is 0 Å². The summed E-state index contributed by atoms with van der Waals surface area (Å²) in [6, 6.07) is 32.2. The van der Waals surface area contributed by atoms with Gasteiger partial charge in [-0.1, -0.05) is 97.1 Å². The van der Waals surface area contributed by atoms with Crippen molar-refractivity contribution in [3.05, 3.63) is 97.1 Å². The monoisotopic (exact) mass is 642 g/mol. The van der Waals surface area contributed by atoms with E-state index in [1.54, 1.807) is 0 Å². The number of nitrogens with zero attached hydrogens (tertiary/aromatic N) is 6. The molecule has 42 heavy (non-hydrogen) atoms. The Morgan fingerprint density at radius 1 is 0.310 bits per heavy atom. The minimum atomic E-state index is 0. The van der Waals surface area contributed by atoms with Crippen LogP contribution in [0, 0.1) is 0 Å². The fourth-order valence-corrected chi connectivity index (χ4v) is 5.59. The summed E-state index contributed by atoms with van der Waals surface area (Å²) in [7, 11) is 0. The predicted octanol–water partition coefficient (Wildman–Crippen LogP) is 6.86. The third-order valence-corrected chi connectivity index (χ3v) is 7.46. The number of aromatic nitrogens is 8. The molecule has 190 valence electrons. The van der Waals surface area contributed by atoms with Crippen molar-refractivity contribution in [2.75, 3.05) is 0 Å². The summed E-state index contributed by atoms with van der Waals surface area (Å²) in [4.78, 5) is 36.8. The van der Waals surface area contributed by atoms with E-state index < -0.39 is 0 Å². The molecule has 0 saturated carbocycles. The molecule has 8 nitrogen and oxygen atoms in total. The second kappa shape index (κ2) is 10.1. The zero-order valence-corrected chi connectivity index (χ0v) is 28.3. The van der Waals surface area contributed by atoms with Crippen molar-refractivity contribution in [3.8, 4) is 45.6 Å². The number of hydrogen-bond donors (Lipinski definition) is 2. The summed E-state index contributed by atoms with van der Waals surface area (Å²) in [5, 5.41) is 3.82. The Bertz CT molecular complexity index is 2040. The third-order valence-electron chi connectivity index (χ3n) is 7.46. The smallest absolute Gasteiger partial charge is 0.164 e. The van der Waals surface area contributed by atoms with E-state index in [0.717, 1.165) is 43.8 Å². The van der Waals surface area contributed by atoms with Gasteiger partial charge in [-0.15, -0.1) is 0 Å². The molecule has 0 amide bonds. The van der Waals surface area contributed by atoms with E-state index in [4.69, 9.17) is 29.9 Å². The number of fused-ring (bicyclic) bond motifs is 20. The number of hydrogen-bond acceptors (Lipinski definition) is 6. The maximum atomic E-state index is 5.02. The Kier molecular flexibility index (Phi) is 6.34. The summed E-state index contributed by atoms with van der Waals surface area (Å²) in [6.07, 6.45) is 0. The molecule has 10 heteroatoms. The van der Waals surface area contributed by atoms with Crippen molar-refractivity contribution < 1.29 is 39.0 Å². The van der Waals surface area contributed by atoms with Crippen LogP contribution in [0.4, 0.5) is 0 Å². The van der Waals surface area contributed by atoms with E-state index in [9.17, 15) is 0 Å². The van der Waals surface area contributed by atoms with Crippen LogP contribution in [0.15, 0.2) is 97.1 Å². The van der Waals surface area contributed by atoms with Gasteiger partial charge in [0.15, 0.2) is 23.3 Å². The molecule has 2 N–H and O–H groups in total. The van der Waals surface area contributed by atoms with Gasteiger partial charge in [0.05, 0.1) is 0 Å². The van der Waals surface area contributed by atoms with Gasteiger partial charge in [0.1, 0.15) is 22.6 Å². The van der Waals surface area contributed by atoms with Gasteiger partial charge in [0.2, 0.25) is 0 Å². The van der Waals surface area contributed by atoms with E-state index >= 15 is 0 Å². The maximum absolute atomic E-state index is 5.02. The van der Waals surface area contributed by atoms with Crippen LogP contribution in [0.25, 0.3) is 89.7 Å². The van der Waals surface area contributed by atoms with E-state index in [1.807, 2.05) is 97.1 Å². The van der Waals surface area contributed by atoms with Gasteiger partial charge in [-0.2, -0.15) is 0 Å². The first-order chi connectivity index (χ1) is 19.8. The molecule has 3 aromatic heterocycles. The summed E-state index contributed by atoms with van der Waals surface area (Å²) in [5.74, 6) is 2.39. The second-order valence-corrected chi connectivity index (χ2v) is 9.79. The minimum absolute atomic E-state index is 0. The molecule has 0 aliphatic carbocycles. The predicted molar refractivity (Wildman–Crippen MR) is 156 cm³/mol. The number of nitrogens with one attached hydrogen (secondary N) is 2. The third kappa shape index (κ3) is 3.94. The van der Waals surface area contributed by atoms with Crippen molar-refractivity contribution in [3.63, 3.8) is 0 Å². The van der Waals surface area contributed by atoms with Crippen LogP contribution in [0.5, 0.6) is 0 Å². The molecule has 7 aromatic rings. The Morgan fingerprint density at radius 3 is 0.810 bits per heavy atom. The van der Waals surface area contributed by atoms with E-state index in [-0.39, 0.29) is 39.0 Å². The SMILES string of the molecule is [Zn].[Zn].c1ccc2c(c1)-c1nc-2nc2[nH]c(nc3nc(nc4[nH]c(n1)c1ccccc41)-c1ccccc1-3)c1ccccc21. The van der Waals surface area contributed by atoms with Gasteiger partial charge < -0.3 is 9.97 Å². The normalized spacial score (nSPS) is 11.4. The van der Waals surface area contributed by atoms with Gasteiger partial charge in [0, 0.05) is 82.8 Å². The van der Waals surface area contributed by atoms with Crippen LogP contribution in [-0.4, -0.2) is 39.9 Å². The van der Waals surface area contributed by atoms with Gasteiger partial charge in [-0.05, 0) is 0 Å². The fraction of sp³-hybridized carbons (Fsp3) is 0. The number of rotatable bonds is 0. The molecule has 5 heterocycles. The molecular formula is C32H18N8Zn2. The molecule has 0 spiro atoms. The Morgan fingerprint density at radius 2 is 0.548 bits per heavy atom. The molecule has 4 aromatic carbocycles. The molecule has 0 fully saturated rings. The molecule has 0 atom stereocenters. The number of benzene rings is 4. The maximum Gasteiger partial charge on any atom is 0.164 e. The Balaban J connectivity index is 0.00000144. The minimum Gasteiger partial charge on any atom is -0.324 e.